The van der Waals surface area contributed by atoms with Crippen LogP contribution < -0.4 is 10.1 Å². The van der Waals surface area contributed by atoms with Gasteiger partial charge in [-0.15, -0.1) is 0 Å². The van der Waals surface area contributed by atoms with Gasteiger partial charge in [-0.2, -0.15) is 5.26 Å². The Labute approximate surface area is 214 Å². The zero-order chi connectivity index (χ0) is 25.8. The number of hydrogen-bond acceptors (Lipinski definition) is 8. The van der Waals surface area contributed by atoms with Crippen molar-refractivity contribution in [3.05, 3.63) is 28.9 Å². The molecule has 0 bridgehead atoms. The Morgan fingerprint density at radius 3 is 2.71 bits per heavy atom. The Morgan fingerprint density at radius 1 is 1.34 bits per heavy atom. The first-order chi connectivity index (χ1) is 16.6. The molecular formula is C23H28ClN5O4SSi. The third kappa shape index (κ3) is 6.46. The van der Waals surface area contributed by atoms with Crippen molar-refractivity contribution in [2.24, 2.45) is 0 Å². The number of carbonyl (C=O) groups excluding carboxylic acids is 1. The van der Waals surface area contributed by atoms with E-state index in [1.54, 1.807) is 17.8 Å². The molecule has 2 aromatic heterocycles. The van der Waals surface area contributed by atoms with Gasteiger partial charge in [0.25, 0.3) is 0 Å². The number of phenolic OH excluding ortho intramolecular Hbond substituents is 1. The van der Waals surface area contributed by atoms with Gasteiger partial charge in [-0.05, 0) is 12.1 Å². The fraction of sp³-hybridized carbons (Fsp3) is 0.391. The van der Waals surface area contributed by atoms with Crippen LogP contribution in [0.2, 0.25) is 30.7 Å². The van der Waals surface area contributed by atoms with E-state index < -0.39 is 8.07 Å². The van der Waals surface area contributed by atoms with E-state index in [9.17, 15) is 15.2 Å². The second-order valence-corrected chi connectivity index (χ2v) is 16.0. The topological polar surface area (TPSA) is 122 Å². The van der Waals surface area contributed by atoms with Crippen LogP contribution in [-0.2, 0) is 16.3 Å². The zero-order valence-electron chi connectivity index (χ0n) is 20.3. The maximum absolute atomic E-state index is 11.8. The first kappa shape index (κ1) is 26.8. The first-order valence-electron chi connectivity index (χ1n) is 10.9. The van der Waals surface area contributed by atoms with Crippen molar-refractivity contribution in [2.75, 3.05) is 26.5 Å². The lowest BCUT2D eigenvalue weighted by atomic mass is 10.1. The number of nitrogens with one attached hydrogen (secondary N) is 1. The summed E-state index contributed by atoms with van der Waals surface area (Å²) in [5.74, 6) is 0.0304. The monoisotopic (exact) mass is 533 g/mol. The van der Waals surface area contributed by atoms with Gasteiger partial charge in [0.05, 0.1) is 34.5 Å². The van der Waals surface area contributed by atoms with Crippen LogP contribution in [0.15, 0.2) is 23.5 Å². The molecule has 35 heavy (non-hydrogen) atoms. The number of aromatic nitrogens is 3. The summed E-state index contributed by atoms with van der Waals surface area (Å²) in [6.45, 7) is 7.64. The number of fused-ring (bicyclic) bond motifs is 1. The fourth-order valence-corrected chi connectivity index (χ4v) is 4.95. The Morgan fingerprint density at radius 2 is 2.09 bits per heavy atom. The van der Waals surface area contributed by atoms with Gasteiger partial charge in [0.2, 0.25) is 5.91 Å². The number of benzene rings is 1. The number of hydrogen-bond donors (Lipinski definition) is 2. The van der Waals surface area contributed by atoms with Crippen molar-refractivity contribution in [1.29, 1.82) is 5.26 Å². The molecule has 0 radical (unpaired) electrons. The average molecular weight is 534 g/mol. The highest BCUT2D eigenvalue weighted by Gasteiger charge is 2.22. The molecule has 186 valence electrons. The Balaban J connectivity index is 2.14. The normalized spacial score (nSPS) is 11.5. The lowest BCUT2D eigenvalue weighted by Crippen LogP contribution is -2.22. The molecule has 12 heteroatoms. The molecule has 9 nitrogen and oxygen atoms in total. The van der Waals surface area contributed by atoms with E-state index in [2.05, 4.69) is 41.0 Å². The Hall–Kier alpha value is -2.78. The molecule has 0 aliphatic rings. The Kier molecular flexibility index (Phi) is 8.66. The van der Waals surface area contributed by atoms with Crippen molar-refractivity contribution >= 4 is 48.4 Å². The molecule has 3 rings (SSSR count). The van der Waals surface area contributed by atoms with Crippen molar-refractivity contribution in [3.63, 3.8) is 0 Å². The molecule has 0 spiro atoms. The van der Waals surface area contributed by atoms with Gasteiger partial charge in [0.15, 0.2) is 16.7 Å². The van der Waals surface area contributed by atoms with Crippen molar-refractivity contribution in [3.8, 4) is 28.8 Å². The highest BCUT2D eigenvalue weighted by Crippen LogP contribution is 2.41. The van der Waals surface area contributed by atoms with E-state index in [1.165, 1.54) is 19.2 Å². The van der Waals surface area contributed by atoms with E-state index in [4.69, 9.17) is 21.1 Å². The van der Waals surface area contributed by atoms with Crippen LogP contribution in [0.3, 0.4) is 0 Å². The maximum atomic E-state index is 11.8. The summed E-state index contributed by atoms with van der Waals surface area (Å²) in [7, 11) is 1.72. The largest absolute Gasteiger partial charge is 0.504 e. The predicted molar refractivity (Wildman–Crippen MR) is 140 cm³/mol. The van der Waals surface area contributed by atoms with Gasteiger partial charge in [0, 0.05) is 39.6 Å². The lowest BCUT2D eigenvalue weighted by Gasteiger charge is -2.16. The maximum Gasteiger partial charge on any atom is 0.230 e. The van der Waals surface area contributed by atoms with Crippen LogP contribution in [-0.4, -0.2) is 60.1 Å². The van der Waals surface area contributed by atoms with Crippen LogP contribution in [0.5, 0.6) is 11.5 Å². The molecule has 0 unspecified atom stereocenters. The summed E-state index contributed by atoms with van der Waals surface area (Å²) in [5.41, 5.74) is 1.60. The minimum atomic E-state index is -1.26. The van der Waals surface area contributed by atoms with Crippen LogP contribution in [0.4, 0.5) is 0 Å². The standard InChI is InChI=1S/C23H28ClN5O4SSi/c1-26-19(31)12-34-23-27-21(15-8-17(30)18(32-2)9-16(15)24)20-14(10-25)11-29(22(20)28-23)13-33-6-7-35(3,4)5/h8-9,11,30H,6-7,12-13H2,1-5H3,(H,26,31). The van der Waals surface area contributed by atoms with Gasteiger partial charge in [-0.3, -0.25) is 4.79 Å². The lowest BCUT2D eigenvalue weighted by molar-refractivity contribution is -0.118. The minimum absolute atomic E-state index is 0.113. The molecule has 1 aromatic carbocycles. The van der Waals surface area contributed by atoms with E-state index in [0.29, 0.717) is 39.6 Å². The van der Waals surface area contributed by atoms with Gasteiger partial charge < -0.3 is 24.5 Å². The predicted octanol–water partition coefficient (Wildman–Crippen LogP) is 4.49. The molecule has 0 fully saturated rings. The number of aromatic hydroxyl groups is 1. The number of halogens is 1. The number of rotatable bonds is 10. The SMILES string of the molecule is CNC(=O)CSc1nc(-c2cc(O)c(OC)cc2Cl)c2c(C#N)cn(COCC[Si](C)(C)C)c2n1. The van der Waals surface area contributed by atoms with Crippen molar-refractivity contribution in [2.45, 2.75) is 37.6 Å². The summed E-state index contributed by atoms with van der Waals surface area (Å²) >= 11 is 7.69. The van der Waals surface area contributed by atoms with Crippen LogP contribution in [0.1, 0.15) is 5.56 Å². The number of nitrogens with zero attached hydrogens (tertiary/aromatic N) is 4. The van der Waals surface area contributed by atoms with Gasteiger partial charge >= 0.3 is 0 Å². The molecule has 0 saturated heterocycles. The number of methoxy groups -OCH3 is 1. The third-order valence-corrected chi connectivity index (χ3v) is 8.04. The summed E-state index contributed by atoms with van der Waals surface area (Å²) in [6, 6.07) is 6.14. The molecule has 2 N–H and O–H groups in total. The third-order valence-electron chi connectivity index (χ3n) is 5.18. The fourth-order valence-electron chi connectivity index (χ4n) is 3.24. The summed E-state index contributed by atoms with van der Waals surface area (Å²) < 4.78 is 12.8. The van der Waals surface area contributed by atoms with Crippen molar-refractivity contribution < 1.29 is 19.4 Å². The summed E-state index contributed by atoms with van der Waals surface area (Å²) in [4.78, 5) is 21.1. The number of nitriles is 1. The van der Waals surface area contributed by atoms with Crippen molar-refractivity contribution in [1.82, 2.24) is 19.9 Å². The highest BCUT2D eigenvalue weighted by molar-refractivity contribution is 7.99. The van der Waals surface area contributed by atoms with Gasteiger partial charge in [0.1, 0.15) is 18.4 Å². The number of amides is 1. The van der Waals surface area contributed by atoms with Gasteiger partial charge in [-0.25, -0.2) is 9.97 Å². The highest BCUT2D eigenvalue weighted by atomic mass is 35.5. The van der Waals surface area contributed by atoms with Crippen LogP contribution in [0, 0.1) is 11.3 Å². The van der Waals surface area contributed by atoms with Gasteiger partial charge in [-0.1, -0.05) is 43.0 Å². The smallest absolute Gasteiger partial charge is 0.230 e. The number of ether oxygens (including phenoxy) is 2. The second-order valence-electron chi connectivity index (χ2n) is 8.99. The quantitative estimate of drug-likeness (QED) is 0.169. The molecule has 0 saturated carbocycles. The molecule has 3 aromatic rings. The molecule has 0 aliphatic heterocycles. The van der Waals surface area contributed by atoms with E-state index in [-0.39, 0.29) is 34.9 Å². The molecule has 2 heterocycles. The first-order valence-corrected chi connectivity index (χ1v) is 15.9. The van der Waals surface area contributed by atoms with E-state index in [0.717, 1.165) is 17.8 Å². The van der Waals surface area contributed by atoms with Crippen LogP contribution in [0.25, 0.3) is 22.3 Å². The van der Waals surface area contributed by atoms with E-state index >= 15 is 0 Å². The zero-order valence-corrected chi connectivity index (χ0v) is 22.9. The Bertz CT molecular complexity index is 1290. The summed E-state index contributed by atoms with van der Waals surface area (Å²) in [6.07, 6.45) is 1.67. The molecule has 1 amide bonds. The molecule has 0 atom stereocenters. The molecule has 0 aliphatic carbocycles. The van der Waals surface area contributed by atoms with E-state index in [1.807, 2.05) is 0 Å². The average Bonchev–Trinajstić information content (AvgIpc) is 3.18. The minimum Gasteiger partial charge on any atom is -0.504 e. The number of phenols is 1. The number of thioether (sulfide) groups is 1. The molecular weight excluding hydrogens is 506 g/mol. The number of carbonyl (C=O) groups is 1. The summed E-state index contributed by atoms with van der Waals surface area (Å²) in [5, 5.41) is 23.9. The van der Waals surface area contributed by atoms with Crippen LogP contribution >= 0.6 is 23.4 Å². The second kappa shape index (κ2) is 11.3.